The number of oxazole rings is 1. The molecule has 0 bridgehead atoms. The first-order chi connectivity index (χ1) is 13.4. The monoisotopic (exact) mass is 382 g/mol. The van der Waals surface area contributed by atoms with Crippen LogP contribution in [0.4, 0.5) is 6.01 Å². The fourth-order valence-corrected chi connectivity index (χ4v) is 2.94. The Labute approximate surface area is 164 Å². The van der Waals surface area contributed by atoms with Crippen LogP contribution in [0.15, 0.2) is 52.9 Å². The van der Waals surface area contributed by atoms with E-state index in [1.54, 1.807) is 6.07 Å². The zero-order valence-electron chi connectivity index (χ0n) is 16.5. The minimum atomic E-state index is -1.27. The normalized spacial score (nSPS) is 11.5. The third kappa shape index (κ3) is 4.63. The SMILES string of the molecule is CCCN(CCc1cccc(OC(C)(C)C(=O)O)c1)c1nc2ccccc2o1. The fourth-order valence-electron chi connectivity index (χ4n) is 2.94. The molecule has 0 atom stereocenters. The van der Waals surface area contributed by atoms with Crippen LogP contribution in [0.1, 0.15) is 32.8 Å². The maximum atomic E-state index is 11.3. The molecule has 0 saturated heterocycles. The van der Waals surface area contributed by atoms with Crippen LogP contribution in [-0.2, 0) is 11.2 Å². The minimum Gasteiger partial charge on any atom is -0.478 e. The molecule has 3 aromatic rings. The van der Waals surface area contributed by atoms with Crippen molar-refractivity contribution in [3.63, 3.8) is 0 Å². The van der Waals surface area contributed by atoms with Crippen molar-refractivity contribution in [3.8, 4) is 5.75 Å². The number of rotatable bonds is 9. The van der Waals surface area contributed by atoms with Gasteiger partial charge in [-0.15, -0.1) is 0 Å². The lowest BCUT2D eigenvalue weighted by molar-refractivity contribution is -0.152. The lowest BCUT2D eigenvalue weighted by Crippen LogP contribution is -2.37. The smallest absolute Gasteiger partial charge is 0.347 e. The van der Waals surface area contributed by atoms with Gasteiger partial charge in [0, 0.05) is 13.1 Å². The Morgan fingerprint density at radius 1 is 1.18 bits per heavy atom. The van der Waals surface area contributed by atoms with Crippen LogP contribution in [0.5, 0.6) is 5.75 Å². The Morgan fingerprint density at radius 3 is 2.68 bits per heavy atom. The van der Waals surface area contributed by atoms with Crippen LogP contribution < -0.4 is 9.64 Å². The van der Waals surface area contributed by atoms with Crippen molar-refractivity contribution in [2.24, 2.45) is 0 Å². The fraction of sp³-hybridized carbons (Fsp3) is 0.364. The number of anilines is 1. The summed E-state index contributed by atoms with van der Waals surface area (Å²) in [7, 11) is 0. The highest BCUT2D eigenvalue weighted by Crippen LogP contribution is 2.23. The van der Waals surface area contributed by atoms with Crippen molar-refractivity contribution >= 4 is 23.1 Å². The van der Waals surface area contributed by atoms with E-state index >= 15 is 0 Å². The molecule has 0 aliphatic carbocycles. The summed E-state index contributed by atoms with van der Waals surface area (Å²) in [4.78, 5) is 18.0. The van der Waals surface area contributed by atoms with Gasteiger partial charge < -0.3 is 19.2 Å². The average Bonchev–Trinajstić information content (AvgIpc) is 3.09. The Kier molecular flexibility index (Phi) is 5.87. The standard InChI is InChI=1S/C22H26N2O4/c1-4-13-24(21-23-18-10-5-6-11-19(18)27-21)14-12-16-8-7-9-17(15-16)28-22(2,3)20(25)26/h5-11,15H,4,12-14H2,1-3H3,(H,25,26). The van der Waals surface area contributed by atoms with Crippen LogP contribution in [0.2, 0.25) is 0 Å². The average molecular weight is 382 g/mol. The second-order valence-corrected chi connectivity index (χ2v) is 7.27. The van der Waals surface area contributed by atoms with Gasteiger partial charge in [0.05, 0.1) is 0 Å². The number of aliphatic carboxylic acids is 1. The Hall–Kier alpha value is -3.02. The van der Waals surface area contributed by atoms with Crippen LogP contribution in [-0.4, -0.2) is 34.8 Å². The second-order valence-electron chi connectivity index (χ2n) is 7.27. The van der Waals surface area contributed by atoms with Gasteiger partial charge in [0.15, 0.2) is 11.2 Å². The van der Waals surface area contributed by atoms with Gasteiger partial charge in [-0.1, -0.05) is 31.2 Å². The first-order valence-electron chi connectivity index (χ1n) is 9.51. The van der Waals surface area contributed by atoms with E-state index in [1.165, 1.54) is 13.8 Å². The van der Waals surface area contributed by atoms with Crippen molar-refractivity contribution in [2.45, 2.75) is 39.2 Å². The molecule has 0 radical (unpaired) electrons. The molecule has 0 unspecified atom stereocenters. The number of para-hydroxylation sites is 2. The number of nitrogens with zero attached hydrogens (tertiary/aromatic N) is 2. The van der Waals surface area contributed by atoms with Gasteiger partial charge in [0.2, 0.25) is 0 Å². The Balaban J connectivity index is 1.71. The van der Waals surface area contributed by atoms with E-state index in [-0.39, 0.29) is 0 Å². The molecule has 2 aromatic carbocycles. The topological polar surface area (TPSA) is 75.8 Å². The summed E-state index contributed by atoms with van der Waals surface area (Å²) in [6.07, 6.45) is 1.75. The predicted molar refractivity (Wildman–Crippen MR) is 109 cm³/mol. The molecule has 0 fully saturated rings. The lowest BCUT2D eigenvalue weighted by Gasteiger charge is -2.22. The third-order valence-corrected chi connectivity index (χ3v) is 4.50. The molecule has 1 N–H and O–H groups in total. The summed E-state index contributed by atoms with van der Waals surface area (Å²) in [6, 6.07) is 15.9. The highest BCUT2D eigenvalue weighted by molar-refractivity contribution is 5.76. The molecule has 0 saturated carbocycles. The first-order valence-corrected chi connectivity index (χ1v) is 9.51. The van der Waals surface area contributed by atoms with Gasteiger partial charge in [-0.2, -0.15) is 4.98 Å². The van der Waals surface area contributed by atoms with E-state index in [2.05, 4.69) is 16.8 Å². The zero-order chi connectivity index (χ0) is 20.1. The van der Waals surface area contributed by atoms with E-state index in [0.717, 1.165) is 42.6 Å². The number of hydrogen-bond donors (Lipinski definition) is 1. The second kappa shape index (κ2) is 8.33. The zero-order valence-corrected chi connectivity index (χ0v) is 16.5. The van der Waals surface area contributed by atoms with Gasteiger partial charge >= 0.3 is 5.97 Å². The summed E-state index contributed by atoms with van der Waals surface area (Å²) in [5.74, 6) is -0.447. The summed E-state index contributed by atoms with van der Waals surface area (Å²) in [5.41, 5.74) is 1.43. The van der Waals surface area contributed by atoms with Crippen LogP contribution in [0, 0.1) is 0 Å². The number of carboxylic acids is 1. The maximum absolute atomic E-state index is 11.3. The quantitative estimate of drug-likeness (QED) is 0.586. The number of ether oxygens (including phenoxy) is 1. The van der Waals surface area contributed by atoms with Crippen molar-refractivity contribution in [1.82, 2.24) is 4.98 Å². The van der Waals surface area contributed by atoms with Crippen molar-refractivity contribution in [2.75, 3.05) is 18.0 Å². The lowest BCUT2D eigenvalue weighted by atomic mass is 10.1. The van der Waals surface area contributed by atoms with E-state index in [4.69, 9.17) is 9.15 Å². The number of aromatic nitrogens is 1. The van der Waals surface area contributed by atoms with Crippen molar-refractivity contribution in [1.29, 1.82) is 0 Å². The largest absolute Gasteiger partial charge is 0.478 e. The summed E-state index contributed by atoms with van der Waals surface area (Å²) >= 11 is 0. The van der Waals surface area contributed by atoms with Gasteiger partial charge in [-0.25, -0.2) is 4.79 Å². The maximum Gasteiger partial charge on any atom is 0.347 e. The van der Waals surface area contributed by atoms with Crippen molar-refractivity contribution in [3.05, 3.63) is 54.1 Å². The molecular formula is C22H26N2O4. The molecule has 6 nitrogen and oxygen atoms in total. The highest BCUT2D eigenvalue weighted by Gasteiger charge is 2.29. The minimum absolute atomic E-state index is 0.550. The molecule has 0 aliphatic rings. The van der Waals surface area contributed by atoms with Gasteiger partial charge in [0.25, 0.3) is 6.01 Å². The molecule has 28 heavy (non-hydrogen) atoms. The van der Waals surface area contributed by atoms with Gasteiger partial charge in [-0.3, -0.25) is 0 Å². The van der Waals surface area contributed by atoms with E-state index in [0.29, 0.717) is 11.8 Å². The van der Waals surface area contributed by atoms with E-state index in [1.807, 2.05) is 42.5 Å². The number of hydrogen-bond acceptors (Lipinski definition) is 5. The van der Waals surface area contributed by atoms with Crippen LogP contribution in [0.25, 0.3) is 11.1 Å². The molecular weight excluding hydrogens is 356 g/mol. The molecule has 1 aromatic heterocycles. The Morgan fingerprint density at radius 2 is 1.96 bits per heavy atom. The summed E-state index contributed by atoms with van der Waals surface area (Å²) < 4.78 is 11.6. The van der Waals surface area contributed by atoms with Gasteiger partial charge in [-0.05, 0) is 56.5 Å². The van der Waals surface area contributed by atoms with E-state index < -0.39 is 11.6 Å². The molecule has 0 spiro atoms. The number of fused-ring (bicyclic) bond motifs is 1. The molecule has 1 heterocycles. The van der Waals surface area contributed by atoms with Crippen molar-refractivity contribution < 1.29 is 19.1 Å². The summed E-state index contributed by atoms with van der Waals surface area (Å²) in [6.45, 7) is 6.79. The molecule has 148 valence electrons. The summed E-state index contributed by atoms with van der Waals surface area (Å²) in [5, 5.41) is 9.24. The number of carboxylic acid groups (broad SMARTS) is 1. The first kappa shape index (κ1) is 19.7. The highest BCUT2D eigenvalue weighted by atomic mass is 16.5. The molecule has 6 heteroatoms. The number of carbonyl (C=O) groups is 1. The third-order valence-electron chi connectivity index (χ3n) is 4.50. The molecule has 0 aliphatic heterocycles. The van der Waals surface area contributed by atoms with Crippen LogP contribution in [0.3, 0.4) is 0 Å². The molecule has 0 amide bonds. The molecule has 3 rings (SSSR count). The van der Waals surface area contributed by atoms with Gasteiger partial charge in [0.1, 0.15) is 11.3 Å². The predicted octanol–water partition coefficient (Wildman–Crippen LogP) is 4.53. The Bertz CT molecular complexity index is 915. The van der Waals surface area contributed by atoms with E-state index in [9.17, 15) is 9.90 Å². The number of benzene rings is 2. The van der Waals surface area contributed by atoms with Crippen LogP contribution >= 0.6 is 0 Å².